The Morgan fingerprint density at radius 2 is 2.38 bits per heavy atom. The van der Waals surface area contributed by atoms with Gasteiger partial charge in [0.1, 0.15) is 6.54 Å². The maximum Gasteiger partial charge on any atom is 0.241 e. The normalized spacial score (nSPS) is 10.5. The van der Waals surface area contributed by atoms with Crippen molar-refractivity contribution in [3.8, 4) is 0 Å². The van der Waals surface area contributed by atoms with E-state index in [2.05, 4.69) is 15.7 Å². The number of carbonyl (C=O) groups excluding carboxylic acids is 1. The van der Waals surface area contributed by atoms with Crippen LogP contribution in [0.3, 0.4) is 0 Å². The summed E-state index contributed by atoms with van der Waals surface area (Å²) < 4.78 is 1.55. The van der Waals surface area contributed by atoms with Crippen LogP contribution in [0.4, 0.5) is 5.69 Å². The second-order valence-corrected chi connectivity index (χ2v) is 3.80. The van der Waals surface area contributed by atoms with E-state index >= 15 is 0 Å². The number of hydrogen-bond acceptors (Lipinski definition) is 4. The summed E-state index contributed by atoms with van der Waals surface area (Å²) in [6.45, 7) is 4.46. The van der Waals surface area contributed by atoms with Gasteiger partial charge >= 0.3 is 0 Å². The Bertz CT molecular complexity index is 335. The number of rotatable bonds is 6. The van der Waals surface area contributed by atoms with E-state index in [1.165, 1.54) is 0 Å². The Hall–Kier alpha value is -1.56. The zero-order chi connectivity index (χ0) is 12.0. The van der Waals surface area contributed by atoms with Crippen molar-refractivity contribution in [2.24, 2.45) is 0 Å². The third-order valence-electron chi connectivity index (χ3n) is 1.83. The Balaban J connectivity index is 2.42. The lowest BCUT2D eigenvalue weighted by molar-refractivity contribution is -0.122. The second-order valence-electron chi connectivity index (χ2n) is 3.80. The molecule has 1 rings (SSSR count). The molecule has 0 spiro atoms. The molecule has 16 heavy (non-hydrogen) atoms. The molecular formula is C10H18N4O2. The first-order valence-corrected chi connectivity index (χ1v) is 5.28. The van der Waals surface area contributed by atoms with Crippen LogP contribution in [0.15, 0.2) is 12.4 Å². The number of aliphatic hydroxyl groups excluding tert-OH is 1. The van der Waals surface area contributed by atoms with E-state index < -0.39 is 0 Å². The fraction of sp³-hybridized carbons (Fsp3) is 0.600. The van der Waals surface area contributed by atoms with Gasteiger partial charge < -0.3 is 15.7 Å². The Morgan fingerprint density at radius 1 is 1.62 bits per heavy atom. The van der Waals surface area contributed by atoms with Crippen molar-refractivity contribution in [3.05, 3.63) is 12.4 Å². The molecule has 6 heteroatoms. The van der Waals surface area contributed by atoms with Gasteiger partial charge in [-0.2, -0.15) is 5.10 Å². The molecule has 0 saturated carbocycles. The highest BCUT2D eigenvalue weighted by molar-refractivity contribution is 5.75. The number of nitrogens with zero attached hydrogens (tertiary/aromatic N) is 2. The average Bonchev–Trinajstić information content (AvgIpc) is 2.61. The number of nitrogens with one attached hydrogen (secondary N) is 2. The van der Waals surface area contributed by atoms with Crippen LogP contribution < -0.4 is 10.6 Å². The minimum atomic E-state index is -0.159. The molecule has 0 aromatic carbocycles. The highest BCUT2D eigenvalue weighted by Gasteiger charge is 2.04. The van der Waals surface area contributed by atoms with Crippen molar-refractivity contribution in [2.45, 2.75) is 26.4 Å². The SMILES string of the molecule is CC(C)Nc1cnn(CC(=O)NCCO)c1. The Labute approximate surface area is 94.6 Å². The lowest BCUT2D eigenvalue weighted by Gasteiger charge is -2.06. The quantitative estimate of drug-likeness (QED) is 0.628. The average molecular weight is 226 g/mol. The first-order chi connectivity index (χ1) is 7.61. The van der Waals surface area contributed by atoms with Crippen molar-refractivity contribution >= 4 is 11.6 Å². The van der Waals surface area contributed by atoms with Crippen LogP contribution in [0, 0.1) is 0 Å². The third kappa shape index (κ3) is 4.31. The van der Waals surface area contributed by atoms with E-state index in [1.54, 1.807) is 17.1 Å². The van der Waals surface area contributed by atoms with Gasteiger partial charge in [-0.3, -0.25) is 9.48 Å². The zero-order valence-corrected chi connectivity index (χ0v) is 9.60. The molecule has 3 N–H and O–H groups in total. The first kappa shape index (κ1) is 12.5. The molecule has 90 valence electrons. The van der Waals surface area contributed by atoms with Crippen LogP contribution in [0.25, 0.3) is 0 Å². The van der Waals surface area contributed by atoms with Gasteiger partial charge in [-0.05, 0) is 13.8 Å². The van der Waals surface area contributed by atoms with Crippen LogP contribution in [0.5, 0.6) is 0 Å². The standard InChI is InChI=1S/C10H18N4O2/c1-8(2)13-9-5-12-14(6-9)7-10(16)11-3-4-15/h5-6,8,13,15H,3-4,7H2,1-2H3,(H,11,16). The van der Waals surface area contributed by atoms with Gasteiger partial charge in [-0.25, -0.2) is 0 Å². The fourth-order valence-corrected chi connectivity index (χ4v) is 1.26. The van der Waals surface area contributed by atoms with Gasteiger partial charge in [0.25, 0.3) is 0 Å². The van der Waals surface area contributed by atoms with E-state index in [1.807, 2.05) is 13.8 Å². The Kier molecular flexibility index (Phi) is 4.78. The predicted molar refractivity (Wildman–Crippen MR) is 61.1 cm³/mol. The smallest absolute Gasteiger partial charge is 0.241 e. The van der Waals surface area contributed by atoms with Crippen molar-refractivity contribution < 1.29 is 9.90 Å². The molecule has 1 aromatic heterocycles. The van der Waals surface area contributed by atoms with Gasteiger partial charge in [-0.1, -0.05) is 0 Å². The molecule has 0 radical (unpaired) electrons. The zero-order valence-electron chi connectivity index (χ0n) is 9.60. The van der Waals surface area contributed by atoms with E-state index in [0.717, 1.165) is 5.69 Å². The molecule has 1 heterocycles. The maximum atomic E-state index is 11.3. The van der Waals surface area contributed by atoms with Gasteiger partial charge in [0.05, 0.1) is 18.5 Å². The molecule has 0 bridgehead atoms. The van der Waals surface area contributed by atoms with E-state index in [0.29, 0.717) is 6.04 Å². The molecule has 0 aliphatic carbocycles. The lowest BCUT2D eigenvalue weighted by atomic mass is 10.4. The number of hydrogen-bond donors (Lipinski definition) is 3. The summed E-state index contributed by atoms with van der Waals surface area (Å²) in [4.78, 5) is 11.3. The third-order valence-corrected chi connectivity index (χ3v) is 1.83. The second kappa shape index (κ2) is 6.12. The van der Waals surface area contributed by atoms with Gasteiger partial charge in [0.2, 0.25) is 5.91 Å². The number of aromatic nitrogens is 2. The van der Waals surface area contributed by atoms with Crippen LogP contribution in [-0.2, 0) is 11.3 Å². The van der Waals surface area contributed by atoms with E-state index in [-0.39, 0.29) is 25.6 Å². The fourth-order valence-electron chi connectivity index (χ4n) is 1.26. The molecule has 0 saturated heterocycles. The van der Waals surface area contributed by atoms with E-state index in [9.17, 15) is 4.79 Å². The Morgan fingerprint density at radius 3 is 3.00 bits per heavy atom. The summed E-state index contributed by atoms with van der Waals surface area (Å²) in [5, 5.41) is 18.3. The highest BCUT2D eigenvalue weighted by atomic mass is 16.3. The van der Waals surface area contributed by atoms with Gasteiger partial charge in [0, 0.05) is 18.8 Å². The minimum Gasteiger partial charge on any atom is -0.395 e. The molecule has 0 fully saturated rings. The number of aliphatic hydroxyl groups is 1. The van der Waals surface area contributed by atoms with Crippen LogP contribution in [-0.4, -0.2) is 40.0 Å². The van der Waals surface area contributed by atoms with Crippen LogP contribution >= 0.6 is 0 Å². The number of carbonyl (C=O) groups is 1. The van der Waals surface area contributed by atoms with Crippen molar-refractivity contribution in [1.29, 1.82) is 0 Å². The van der Waals surface area contributed by atoms with Crippen molar-refractivity contribution in [3.63, 3.8) is 0 Å². The molecule has 0 unspecified atom stereocenters. The summed E-state index contributed by atoms with van der Waals surface area (Å²) in [5.41, 5.74) is 0.893. The van der Waals surface area contributed by atoms with Crippen molar-refractivity contribution in [2.75, 3.05) is 18.5 Å². The van der Waals surface area contributed by atoms with Gasteiger partial charge in [0.15, 0.2) is 0 Å². The minimum absolute atomic E-state index is 0.0506. The highest BCUT2D eigenvalue weighted by Crippen LogP contribution is 2.05. The predicted octanol–water partition coefficient (Wildman–Crippen LogP) is -0.188. The molecule has 0 atom stereocenters. The molecule has 0 aliphatic rings. The molecule has 6 nitrogen and oxygen atoms in total. The number of amides is 1. The van der Waals surface area contributed by atoms with Crippen molar-refractivity contribution in [1.82, 2.24) is 15.1 Å². The van der Waals surface area contributed by atoms with Gasteiger partial charge in [-0.15, -0.1) is 0 Å². The largest absolute Gasteiger partial charge is 0.395 e. The first-order valence-electron chi connectivity index (χ1n) is 5.28. The summed E-state index contributed by atoms with van der Waals surface area (Å²) in [6.07, 6.45) is 3.46. The topological polar surface area (TPSA) is 79.2 Å². The lowest BCUT2D eigenvalue weighted by Crippen LogP contribution is -2.30. The number of anilines is 1. The summed E-state index contributed by atoms with van der Waals surface area (Å²) in [6, 6.07) is 0.334. The molecule has 0 aliphatic heterocycles. The summed E-state index contributed by atoms with van der Waals surface area (Å²) in [7, 11) is 0. The van der Waals surface area contributed by atoms with Crippen LogP contribution in [0.1, 0.15) is 13.8 Å². The monoisotopic (exact) mass is 226 g/mol. The van der Waals surface area contributed by atoms with Crippen LogP contribution in [0.2, 0.25) is 0 Å². The van der Waals surface area contributed by atoms with E-state index in [4.69, 9.17) is 5.11 Å². The summed E-state index contributed by atoms with van der Waals surface area (Å²) >= 11 is 0. The molecule has 1 aromatic rings. The summed E-state index contributed by atoms with van der Waals surface area (Å²) in [5.74, 6) is -0.159. The molecule has 1 amide bonds. The molecular weight excluding hydrogens is 208 g/mol. The maximum absolute atomic E-state index is 11.3.